The van der Waals surface area contributed by atoms with E-state index in [1.165, 1.54) is 57.1 Å². The quantitative estimate of drug-likeness (QED) is 0.747. The van der Waals surface area contributed by atoms with E-state index in [0.29, 0.717) is 5.41 Å². The second-order valence-corrected chi connectivity index (χ2v) is 8.66. The van der Waals surface area contributed by atoms with Gasteiger partial charge in [-0.15, -0.1) is 11.3 Å². The van der Waals surface area contributed by atoms with Crippen molar-refractivity contribution < 1.29 is 0 Å². The number of aryl methyl sites for hydroxylation is 2. The van der Waals surface area contributed by atoms with E-state index in [4.69, 9.17) is 0 Å². The van der Waals surface area contributed by atoms with E-state index in [2.05, 4.69) is 44.5 Å². The fourth-order valence-electron chi connectivity index (χ4n) is 3.49. The molecule has 0 radical (unpaired) electrons. The fourth-order valence-corrected chi connectivity index (χ4v) is 4.40. The lowest BCUT2D eigenvalue weighted by atomic mass is 9.78. The van der Waals surface area contributed by atoms with E-state index < -0.39 is 0 Å². The van der Waals surface area contributed by atoms with Gasteiger partial charge in [-0.2, -0.15) is 0 Å². The molecule has 0 aromatic carbocycles. The van der Waals surface area contributed by atoms with Crippen LogP contribution in [-0.2, 0) is 6.42 Å². The minimum absolute atomic E-state index is 0.254. The average Bonchev–Trinajstić information content (AvgIpc) is 2.95. The summed E-state index contributed by atoms with van der Waals surface area (Å²) < 4.78 is 0. The SMILES string of the molecule is Cc1ccsc1CCC1(CCNC(C)(C)C)CCCC1. The third-order valence-corrected chi connectivity index (χ3v) is 5.91. The highest BCUT2D eigenvalue weighted by atomic mass is 32.1. The number of hydrogen-bond acceptors (Lipinski definition) is 2. The monoisotopic (exact) mass is 293 g/mol. The molecule has 0 aliphatic heterocycles. The summed E-state index contributed by atoms with van der Waals surface area (Å²) >= 11 is 1.94. The molecule has 1 N–H and O–H groups in total. The first-order valence-corrected chi connectivity index (χ1v) is 9.06. The highest BCUT2D eigenvalue weighted by molar-refractivity contribution is 7.10. The maximum atomic E-state index is 3.68. The van der Waals surface area contributed by atoms with Crippen LogP contribution in [-0.4, -0.2) is 12.1 Å². The molecular formula is C18H31NS. The molecule has 1 aromatic heterocycles. The van der Waals surface area contributed by atoms with Crippen molar-refractivity contribution in [3.8, 4) is 0 Å². The first-order valence-electron chi connectivity index (χ1n) is 8.18. The predicted octanol–water partition coefficient (Wildman–Crippen LogP) is 5.33. The molecule has 0 bridgehead atoms. The molecule has 0 spiro atoms. The van der Waals surface area contributed by atoms with Gasteiger partial charge in [0, 0.05) is 10.4 Å². The molecule has 114 valence electrons. The Hall–Kier alpha value is -0.340. The third kappa shape index (κ3) is 4.60. The Kier molecular flexibility index (Phi) is 5.30. The minimum Gasteiger partial charge on any atom is -0.312 e. The zero-order valence-corrected chi connectivity index (χ0v) is 14.5. The van der Waals surface area contributed by atoms with Crippen LogP contribution in [0.1, 0.15) is 69.7 Å². The Bertz CT molecular complexity index is 407. The molecule has 1 aliphatic carbocycles. The van der Waals surface area contributed by atoms with Gasteiger partial charge in [0.15, 0.2) is 0 Å². The van der Waals surface area contributed by atoms with Crippen LogP contribution in [0.4, 0.5) is 0 Å². The molecule has 2 heteroatoms. The van der Waals surface area contributed by atoms with E-state index in [1.54, 1.807) is 4.88 Å². The van der Waals surface area contributed by atoms with E-state index in [-0.39, 0.29) is 5.54 Å². The second-order valence-electron chi connectivity index (χ2n) is 7.66. The largest absolute Gasteiger partial charge is 0.312 e. The first kappa shape index (κ1) is 16.0. The zero-order chi connectivity index (χ0) is 14.6. The molecule has 0 amide bonds. The van der Waals surface area contributed by atoms with E-state index in [9.17, 15) is 0 Å². The molecule has 20 heavy (non-hydrogen) atoms. The normalized spacial score (nSPS) is 18.6. The summed E-state index contributed by atoms with van der Waals surface area (Å²) in [5.74, 6) is 0. The summed E-state index contributed by atoms with van der Waals surface area (Å²) in [4.78, 5) is 1.61. The van der Waals surface area contributed by atoms with Gasteiger partial charge in [0.05, 0.1) is 0 Å². The van der Waals surface area contributed by atoms with Crippen LogP contribution in [0.25, 0.3) is 0 Å². The molecule has 1 fully saturated rings. The maximum absolute atomic E-state index is 3.68. The van der Waals surface area contributed by atoms with Gasteiger partial charge in [0.1, 0.15) is 0 Å². The highest BCUT2D eigenvalue weighted by Crippen LogP contribution is 2.45. The standard InChI is InChI=1S/C18H31NS/c1-15-8-14-20-16(15)7-11-18(9-5-6-10-18)12-13-19-17(2,3)4/h8,14,19H,5-7,9-13H2,1-4H3. The number of rotatable bonds is 6. The molecule has 1 aromatic rings. The van der Waals surface area contributed by atoms with Crippen molar-refractivity contribution in [2.24, 2.45) is 5.41 Å². The van der Waals surface area contributed by atoms with Crippen molar-refractivity contribution in [3.05, 3.63) is 21.9 Å². The van der Waals surface area contributed by atoms with Crippen molar-refractivity contribution in [1.29, 1.82) is 0 Å². The van der Waals surface area contributed by atoms with Crippen molar-refractivity contribution >= 4 is 11.3 Å². The molecule has 0 unspecified atom stereocenters. The Labute approximate surface area is 129 Å². The van der Waals surface area contributed by atoms with Crippen LogP contribution >= 0.6 is 11.3 Å². The fraction of sp³-hybridized carbons (Fsp3) is 0.778. The van der Waals surface area contributed by atoms with Crippen molar-refractivity contribution in [2.45, 2.75) is 78.2 Å². The van der Waals surface area contributed by atoms with E-state index in [1.807, 2.05) is 11.3 Å². The zero-order valence-electron chi connectivity index (χ0n) is 13.7. The van der Waals surface area contributed by atoms with Gasteiger partial charge in [-0.3, -0.25) is 0 Å². The number of thiophene rings is 1. The van der Waals surface area contributed by atoms with Crippen LogP contribution in [0.15, 0.2) is 11.4 Å². The van der Waals surface area contributed by atoms with Gasteiger partial charge in [-0.05, 0) is 88.8 Å². The van der Waals surface area contributed by atoms with Gasteiger partial charge < -0.3 is 5.32 Å². The van der Waals surface area contributed by atoms with Gasteiger partial charge >= 0.3 is 0 Å². The van der Waals surface area contributed by atoms with Crippen LogP contribution in [0.5, 0.6) is 0 Å². The molecular weight excluding hydrogens is 262 g/mol. The van der Waals surface area contributed by atoms with Gasteiger partial charge in [-0.25, -0.2) is 0 Å². The first-order chi connectivity index (χ1) is 9.40. The van der Waals surface area contributed by atoms with Crippen LogP contribution < -0.4 is 5.32 Å². The summed E-state index contributed by atoms with van der Waals surface area (Å²) in [6, 6.07) is 2.27. The lowest BCUT2D eigenvalue weighted by molar-refractivity contribution is 0.235. The van der Waals surface area contributed by atoms with Gasteiger partial charge in [0.25, 0.3) is 0 Å². The average molecular weight is 294 g/mol. The predicted molar refractivity (Wildman–Crippen MR) is 90.7 cm³/mol. The Balaban J connectivity index is 1.87. The minimum atomic E-state index is 0.254. The summed E-state index contributed by atoms with van der Waals surface area (Å²) in [6.45, 7) is 10.2. The van der Waals surface area contributed by atoms with Crippen molar-refractivity contribution in [1.82, 2.24) is 5.32 Å². The Morgan fingerprint density at radius 3 is 2.45 bits per heavy atom. The van der Waals surface area contributed by atoms with Gasteiger partial charge in [-0.1, -0.05) is 12.8 Å². The summed E-state index contributed by atoms with van der Waals surface area (Å²) in [5, 5.41) is 5.92. The molecule has 0 saturated heterocycles. The summed E-state index contributed by atoms with van der Waals surface area (Å²) in [5.41, 5.74) is 2.37. The maximum Gasteiger partial charge on any atom is 0.00965 e. The van der Waals surface area contributed by atoms with E-state index >= 15 is 0 Å². The van der Waals surface area contributed by atoms with Gasteiger partial charge in [0.2, 0.25) is 0 Å². The van der Waals surface area contributed by atoms with Crippen LogP contribution in [0, 0.1) is 12.3 Å². The third-order valence-electron chi connectivity index (χ3n) is 4.83. The molecule has 1 heterocycles. The second kappa shape index (κ2) is 6.62. The lowest BCUT2D eigenvalue weighted by Crippen LogP contribution is -2.38. The smallest absolute Gasteiger partial charge is 0.00965 e. The van der Waals surface area contributed by atoms with Crippen LogP contribution in [0.2, 0.25) is 0 Å². The lowest BCUT2D eigenvalue weighted by Gasteiger charge is -2.31. The molecule has 0 atom stereocenters. The molecule has 2 rings (SSSR count). The van der Waals surface area contributed by atoms with E-state index in [0.717, 1.165) is 0 Å². The van der Waals surface area contributed by atoms with Crippen LogP contribution in [0.3, 0.4) is 0 Å². The number of nitrogens with one attached hydrogen (secondary N) is 1. The summed E-state index contributed by atoms with van der Waals surface area (Å²) in [7, 11) is 0. The number of hydrogen-bond donors (Lipinski definition) is 1. The molecule has 1 nitrogen and oxygen atoms in total. The molecule has 1 saturated carbocycles. The Morgan fingerprint density at radius 1 is 1.20 bits per heavy atom. The molecule has 1 aliphatic rings. The highest BCUT2D eigenvalue weighted by Gasteiger charge is 2.33. The topological polar surface area (TPSA) is 12.0 Å². The van der Waals surface area contributed by atoms with Crippen molar-refractivity contribution in [2.75, 3.05) is 6.54 Å². The Morgan fingerprint density at radius 2 is 1.90 bits per heavy atom. The summed E-state index contributed by atoms with van der Waals surface area (Å²) in [6.07, 6.45) is 9.82. The van der Waals surface area contributed by atoms with Crippen molar-refractivity contribution in [3.63, 3.8) is 0 Å².